The molecule has 24 heavy (non-hydrogen) atoms. The van der Waals surface area contributed by atoms with Crippen LogP contribution in [0, 0.1) is 6.92 Å². The predicted molar refractivity (Wildman–Crippen MR) is 94.2 cm³/mol. The molecule has 1 saturated heterocycles. The van der Waals surface area contributed by atoms with Crippen molar-refractivity contribution in [3.63, 3.8) is 0 Å². The lowest BCUT2D eigenvalue weighted by Crippen LogP contribution is -2.48. The topological polar surface area (TPSA) is 49.6 Å². The van der Waals surface area contributed by atoms with E-state index in [0.717, 1.165) is 49.0 Å². The Balaban J connectivity index is 1.36. The molecule has 4 rings (SSSR count). The minimum atomic E-state index is -0.0114. The van der Waals surface area contributed by atoms with Crippen LogP contribution in [0.15, 0.2) is 40.8 Å². The molecule has 0 bridgehead atoms. The fourth-order valence-corrected chi connectivity index (χ4v) is 4.00. The SMILES string of the molecule is Cc1ccc(C(=O)N2CCN(Cc3nc4ccccc4s3)CC2)o1. The molecule has 3 aromatic rings. The number of thiazole rings is 1. The molecule has 0 radical (unpaired) electrons. The van der Waals surface area contributed by atoms with Gasteiger partial charge in [-0.3, -0.25) is 9.69 Å². The molecule has 1 aromatic carbocycles. The summed E-state index contributed by atoms with van der Waals surface area (Å²) in [5.41, 5.74) is 1.07. The number of amides is 1. The molecule has 1 amide bonds. The van der Waals surface area contributed by atoms with E-state index in [-0.39, 0.29) is 5.91 Å². The summed E-state index contributed by atoms with van der Waals surface area (Å²) in [7, 11) is 0. The van der Waals surface area contributed by atoms with Crippen LogP contribution in [0.4, 0.5) is 0 Å². The third kappa shape index (κ3) is 3.07. The Kier molecular flexibility index (Phi) is 4.08. The quantitative estimate of drug-likeness (QED) is 0.734. The van der Waals surface area contributed by atoms with Crippen molar-refractivity contribution in [3.8, 4) is 0 Å². The van der Waals surface area contributed by atoms with Gasteiger partial charge in [-0.2, -0.15) is 0 Å². The van der Waals surface area contributed by atoms with Gasteiger partial charge in [-0.25, -0.2) is 4.98 Å². The zero-order valence-electron chi connectivity index (χ0n) is 13.6. The molecule has 1 aliphatic rings. The average Bonchev–Trinajstić information content (AvgIpc) is 3.20. The Hall–Kier alpha value is -2.18. The Bertz CT molecular complexity index is 829. The van der Waals surface area contributed by atoms with Gasteiger partial charge in [0.25, 0.3) is 5.91 Å². The fourth-order valence-electron chi connectivity index (χ4n) is 2.99. The van der Waals surface area contributed by atoms with Gasteiger partial charge in [0.05, 0.1) is 16.8 Å². The van der Waals surface area contributed by atoms with Gasteiger partial charge in [-0.05, 0) is 31.2 Å². The van der Waals surface area contributed by atoms with E-state index in [1.165, 1.54) is 4.70 Å². The molecule has 2 aromatic heterocycles. The zero-order chi connectivity index (χ0) is 16.5. The van der Waals surface area contributed by atoms with E-state index in [4.69, 9.17) is 9.40 Å². The lowest BCUT2D eigenvalue weighted by atomic mass is 10.3. The van der Waals surface area contributed by atoms with Crippen molar-refractivity contribution < 1.29 is 9.21 Å². The summed E-state index contributed by atoms with van der Waals surface area (Å²) < 4.78 is 6.67. The van der Waals surface area contributed by atoms with Crippen molar-refractivity contribution >= 4 is 27.5 Å². The average molecular weight is 341 g/mol. The smallest absolute Gasteiger partial charge is 0.289 e. The standard InChI is InChI=1S/C18H19N3O2S/c1-13-6-7-15(23-13)18(22)21-10-8-20(9-11-21)12-17-19-14-4-2-3-5-16(14)24-17/h2-7H,8-12H2,1H3. The van der Waals surface area contributed by atoms with E-state index >= 15 is 0 Å². The van der Waals surface area contributed by atoms with Gasteiger partial charge in [-0.15, -0.1) is 11.3 Å². The van der Waals surface area contributed by atoms with Crippen LogP contribution in [0.5, 0.6) is 0 Å². The predicted octanol–water partition coefficient (Wildman–Crippen LogP) is 3.16. The lowest BCUT2D eigenvalue weighted by molar-refractivity contribution is 0.0596. The van der Waals surface area contributed by atoms with Crippen molar-refractivity contribution in [2.24, 2.45) is 0 Å². The van der Waals surface area contributed by atoms with Crippen LogP contribution < -0.4 is 0 Å². The van der Waals surface area contributed by atoms with Gasteiger partial charge in [0.15, 0.2) is 5.76 Å². The molecule has 124 valence electrons. The Morgan fingerprint density at radius 3 is 2.67 bits per heavy atom. The molecule has 3 heterocycles. The normalized spacial score (nSPS) is 16.0. The van der Waals surface area contributed by atoms with Crippen LogP contribution >= 0.6 is 11.3 Å². The summed E-state index contributed by atoms with van der Waals surface area (Å²) in [6.45, 7) is 5.88. The highest BCUT2D eigenvalue weighted by atomic mass is 32.1. The Labute approximate surface area is 144 Å². The summed E-state index contributed by atoms with van der Waals surface area (Å²) in [6, 6.07) is 11.8. The first-order valence-electron chi connectivity index (χ1n) is 8.11. The van der Waals surface area contributed by atoms with Gasteiger partial charge < -0.3 is 9.32 Å². The number of hydrogen-bond acceptors (Lipinski definition) is 5. The second-order valence-electron chi connectivity index (χ2n) is 6.05. The first kappa shape index (κ1) is 15.4. The minimum absolute atomic E-state index is 0.0114. The van der Waals surface area contributed by atoms with Gasteiger partial charge in [0.1, 0.15) is 10.8 Å². The number of piperazine rings is 1. The number of fused-ring (bicyclic) bond motifs is 1. The summed E-state index contributed by atoms with van der Waals surface area (Å²) in [6.07, 6.45) is 0. The third-order valence-electron chi connectivity index (χ3n) is 4.31. The van der Waals surface area contributed by atoms with Gasteiger partial charge >= 0.3 is 0 Å². The number of aryl methyl sites for hydroxylation is 1. The van der Waals surface area contributed by atoms with Crippen molar-refractivity contribution in [2.75, 3.05) is 26.2 Å². The second kappa shape index (κ2) is 6.37. The molecule has 1 aliphatic heterocycles. The summed E-state index contributed by atoms with van der Waals surface area (Å²) in [4.78, 5) is 21.3. The maximum Gasteiger partial charge on any atom is 0.289 e. The van der Waals surface area contributed by atoms with Crippen molar-refractivity contribution in [3.05, 3.63) is 52.9 Å². The third-order valence-corrected chi connectivity index (χ3v) is 5.33. The maximum absolute atomic E-state index is 12.4. The summed E-state index contributed by atoms with van der Waals surface area (Å²) >= 11 is 1.75. The number of furan rings is 1. The molecule has 1 fully saturated rings. The molecular weight excluding hydrogens is 322 g/mol. The van der Waals surface area contributed by atoms with E-state index in [1.54, 1.807) is 17.4 Å². The number of hydrogen-bond donors (Lipinski definition) is 0. The van der Waals surface area contributed by atoms with E-state index in [0.29, 0.717) is 5.76 Å². The first-order valence-corrected chi connectivity index (χ1v) is 8.93. The molecule has 0 aliphatic carbocycles. The number of para-hydroxylation sites is 1. The Morgan fingerprint density at radius 2 is 1.96 bits per heavy atom. The molecular formula is C18H19N3O2S. The molecule has 0 saturated carbocycles. The largest absolute Gasteiger partial charge is 0.456 e. The number of aromatic nitrogens is 1. The van der Waals surface area contributed by atoms with Crippen molar-refractivity contribution in [1.82, 2.24) is 14.8 Å². The molecule has 0 atom stereocenters. The van der Waals surface area contributed by atoms with Crippen molar-refractivity contribution in [2.45, 2.75) is 13.5 Å². The Morgan fingerprint density at radius 1 is 1.17 bits per heavy atom. The number of rotatable bonds is 3. The van der Waals surface area contributed by atoms with Crippen LogP contribution in [0.2, 0.25) is 0 Å². The van der Waals surface area contributed by atoms with E-state index in [2.05, 4.69) is 17.0 Å². The van der Waals surface area contributed by atoms with Gasteiger partial charge in [0.2, 0.25) is 0 Å². The van der Waals surface area contributed by atoms with Gasteiger partial charge in [-0.1, -0.05) is 12.1 Å². The molecule has 0 unspecified atom stereocenters. The highest BCUT2D eigenvalue weighted by Crippen LogP contribution is 2.23. The molecule has 0 spiro atoms. The number of carbonyl (C=O) groups is 1. The second-order valence-corrected chi connectivity index (χ2v) is 7.17. The first-order chi connectivity index (χ1) is 11.7. The lowest BCUT2D eigenvalue weighted by Gasteiger charge is -2.33. The maximum atomic E-state index is 12.4. The van der Waals surface area contributed by atoms with Crippen LogP contribution in [0.3, 0.4) is 0 Å². The summed E-state index contributed by atoms with van der Waals surface area (Å²) in [5, 5.41) is 1.14. The van der Waals surface area contributed by atoms with E-state index in [9.17, 15) is 4.79 Å². The van der Waals surface area contributed by atoms with Crippen LogP contribution in [0.25, 0.3) is 10.2 Å². The highest BCUT2D eigenvalue weighted by molar-refractivity contribution is 7.18. The monoisotopic (exact) mass is 341 g/mol. The number of carbonyl (C=O) groups excluding carboxylic acids is 1. The molecule has 0 N–H and O–H groups in total. The van der Waals surface area contributed by atoms with Crippen molar-refractivity contribution in [1.29, 1.82) is 0 Å². The molecule has 5 nitrogen and oxygen atoms in total. The van der Waals surface area contributed by atoms with Gasteiger partial charge in [0, 0.05) is 26.2 Å². The zero-order valence-corrected chi connectivity index (χ0v) is 14.4. The van der Waals surface area contributed by atoms with E-state index in [1.807, 2.05) is 30.0 Å². The fraction of sp³-hybridized carbons (Fsp3) is 0.333. The van der Waals surface area contributed by atoms with Crippen LogP contribution in [0.1, 0.15) is 21.3 Å². The van der Waals surface area contributed by atoms with Crippen LogP contribution in [-0.2, 0) is 6.54 Å². The molecule has 6 heteroatoms. The number of benzene rings is 1. The minimum Gasteiger partial charge on any atom is -0.456 e. The number of nitrogens with zero attached hydrogens (tertiary/aromatic N) is 3. The van der Waals surface area contributed by atoms with Crippen LogP contribution in [-0.4, -0.2) is 46.9 Å². The highest BCUT2D eigenvalue weighted by Gasteiger charge is 2.24. The van der Waals surface area contributed by atoms with E-state index < -0.39 is 0 Å². The summed E-state index contributed by atoms with van der Waals surface area (Å²) in [5.74, 6) is 1.20.